The smallest absolute Gasteiger partial charge is 0.129 e. The monoisotopic (exact) mass is 376 g/mol. The fourth-order valence-electron chi connectivity index (χ4n) is 1.84. The van der Waals surface area contributed by atoms with E-state index in [0.717, 1.165) is 15.8 Å². The van der Waals surface area contributed by atoms with Gasteiger partial charge in [-0.3, -0.25) is 0 Å². The van der Waals surface area contributed by atoms with Gasteiger partial charge in [0.05, 0.1) is 12.0 Å². The van der Waals surface area contributed by atoms with Crippen LogP contribution in [0.3, 0.4) is 0 Å². The summed E-state index contributed by atoms with van der Waals surface area (Å²) in [5, 5.41) is -0.252. The van der Waals surface area contributed by atoms with Crippen molar-refractivity contribution in [1.82, 2.24) is 0 Å². The van der Waals surface area contributed by atoms with Gasteiger partial charge in [-0.05, 0) is 36.8 Å². The summed E-state index contributed by atoms with van der Waals surface area (Å²) in [6.07, 6.45) is 0. The Labute approximate surface area is 135 Å². The first-order valence-electron chi connectivity index (χ1n) is 6.04. The standard InChI is InChI=1S/C15H12BrCl2FO/c1-2-20-10-4-6-11(13(16)8-10)15(18)12-5-3-9(17)7-14(12)19/h3-8,15H,2H2,1H3. The largest absolute Gasteiger partial charge is 0.494 e. The van der Waals surface area contributed by atoms with E-state index in [4.69, 9.17) is 27.9 Å². The molecule has 106 valence electrons. The Morgan fingerprint density at radius 2 is 1.90 bits per heavy atom. The Morgan fingerprint density at radius 1 is 1.20 bits per heavy atom. The second-order valence-corrected chi connectivity index (χ2v) is 5.87. The molecule has 2 aromatic rings. The molecular weight excluding hydrogens is 366 g/mol. The van der Waals surface area contributed by atoms with Gasteiger partial charge in [-0.15, -0.1) is 11.6 Å². The molecule has 1 nitrogen and oxygen atoms in total. The molecule has 0 saturated heterocycles. The first-order valence-corrected chi connectivity index (χ1v) is 7.65. The van der Waals surface area contributed by atoms with E-state index in [1.54, 1.807) is 12.1 Å². The van der Waals surface area contributed by atoms with Crippen molar-refractivity contribution < 1.29 is 9.13 Å². The van der Waals surface area contributed by atoms with Crippen molar-refractivity contribution in [1.29, 1.82) is 0 Å². The molecule has 5 heteroatoms. The van der Waals surface area contributed by atoms with Crippen molar-refractivity contribution in [3.8, 4) is 5.75 Å². The summed E-state index contributed by atoms with van der Waals surface area (Å²) in [7, 11) is 0. The first kappa shape index (κ1) is 15.6. The molecule has 0 aliphatic heterocycles. The van der Waals surface area contributed by atoms with Crippen molar-refractivity contribution in [2.45, 2.75) is 12.3 Å². The molecule has 1 atom stereocenters. The van der Waals surface area contributed by atoms with Crippen LogP contribution in [0.2, 0.25) is 5.02 Å². The van der Waals surface area contributed by atoms with E-state index in [9.17, 15) is 4.39 Å². The number of halogens is 4. The molecule has 0 aliphatic rings. The van der Waals surface area contributed by atoms with Crippen molar-refractivity contribution >= 4 is 39.1 Å². The highest BCUT2D eigenvalue weighted by Crippen LogP contribution is 2.37. The van der Waals surface area contributed by atoms with Gasteiger partial charge in [0.25, 0.3) is 0 Å². The predicted octanol–water partition coefficient (Wildman–Crippen LogP) is 5.97. The molecular formula is C15H12BrCl2FO. The predicted molar refractivity (Wildman–Crippen MR) is 84.4 cm³/mol. The highest BCUT2D eigenvalue weighted by atomic mass is 79.9. The van der Waals surface area contributed by atoms with Gasteiger partial charge in [0.1, 0.15) is 11.6 Å². The van der Waals surface area contributed by atoms with E-state index < -0.39 is 11.2 Å². The SMILES string of the molecule is CCOc1ccc(C(Cl)c2ccc(Cl)cc2F)c(Br)c1. The maximum Gasteiger partial charge on any atom is 0.129 e. The average molecular weight is 378 g/mol. The van der Waals surface area contributed by atoms with E-state index in [2.05, 4.69) is 15.9 Å². The minimum Gasteiger partial charge on any atom is -0.494 e. The summed E-state index contributed by atoms with van der Waals surface area (Å²) in [6.45, 7) is 2.50. The van der Waals surface area contributed by atoms with Crippen LogP contribution in [0.1, 0.15) is 23.4 Å². The maximum atomic E-state index is 13.9. The van der Waals surface area contributed by atoms with Gasteiger partial charge in [-0.1, -0.05) is 39.7 Å². The number of rotatable bonds is 4. The molecule has 0 fully saturated rings. The lowest BCUT2D eigenvalue weighted by Gasteiger charge is -2.14. The molecule has 0 amide bonds. The first-order chi connectivity index (χ1) is 9.52. The number of alkyl halides is 1. The van der Waals surface area contributed by atoms with Crippen LogP contribution in [0.25, 0.3) is 0 Å². The lowest BCUT2D eigenvalue weighted by molar-refractivity contribution is 0.340. The highest BCUT2D eigenvalue weighted by Gasteiger charge is 2.18. The van der Waals surface area contributed by atoms with Crippen LogP contribution in [0.5, 0.6) is 5.75 Å². The molecule has 0 spiro atoms. The van der Waals surface area contributed by atoms with Crippen LogP contribution < -0.4 is 4.74 Å². The molecule has 0 bridgehead atoms. The van der Waals surface area contributed by atoms with Gasteiger partial charge in [0, 0.05) is 15.1 Å². The minimum absolute atomic E-state index is 0.348. The Kier molecular flexibility index (Phi) is 5.30. The zero-order valence-electron chi connectivity index (χ0n) is 10.7. The van der Waals surface area contributed by atoms with Gasteiger partial charge in [-0.25, -0.2) is 4.39 Å². The molecule has 0 saturated carbocycles. The van der Waals surface area contributed by atoms with Crippen LogP contribution >= 0.6 is 39.1 Å². The average Bonchev–Trinajstić information content (AvgIpc) is 2.38. The van der Waals surface area contributed by atoms with Gasteiger partial charge in [0.15, 0.2) is 0 Å². The molecule has 2 rings (SSSR count). The summed E-state index contributed by atoms with van der Waals surface area (Å²) in [5.41, 5.74) is 1.16. The zero-order chi connectivity index (χ0) is 14.7. The van der Waals surface area contributed by atoms with Crippen LogP contribution in [0.15, 0.2) is 40.9 Å². The third-order valence-corrected chi connectivity index (χ3v) is 4.18. The molecule has 0 aliphatic carbocycles. The van der Waals surface area contributed by atoms with Gasteiger partial charge in [-0.2, -0.15) is 0 Å². The van der Waals surface area contributed by atoms with Crippen LogP contribution in [0, 0.1) is 5.82 Å². The molecule has 0 aromatic heterocycles. The zero-order valence-corrected chi connectivity index (χ0v) is 13.8. The lowest BCUT2D eigenvalue weighted by Crippen LogP contribution is -1.99. The second kappa shape index (κ2) is 6.79. The molecule has 0 radical (unpaired) electrons. The molecule has 20 heavy (non-hydrogen) atoms. The van der Waals surface area contributed by atoms with Crippen LogP contribution in [0.4, 0.5) is 4.39 Å². The summed E-state index contributed by atoms with van der Waals surface area (Å²) >= 11 is 15.6. The molecule has 2 aromatic carbocycles. The minimum atomic E-state index is -0.600. The fraction of sp³-hybridized carbons (Fsp3) is 0.200. The normalized spacial score (nSPS) is 12.2. The van der Waals surface area contributed by atoms with E-state index in [-0.39, 0.29) is 0 Å². The summed E-state index contributed by atoms with van der Waals surface area (Å²) in [4.78, 5) is 0. The topological polar surface area (TPSA) is 9.23 Å². The van der Waals surface area contributed by atoms with Gasteiger partial charge < -0.3 is 4.74 Å². The number of ether oxygens (including phenoxy) is 1. The maximum absolute atomic E-state index is 13.9. The Hall–Kier alpha value is -0.770. The molecule has 0 N–H and O–H groups in total. The lowest BCUT2D eigenvalue weighted by atomic mass is 10.0. The van der Waals surface area contributed by atoms with Gasteiger partial charge in [0.2, 0.25) is 0 Å². The fourth-order valence-corrected chi connectivity index (χ4v) is 3.09. The quantitative estimate of drug-likeness (QED) is 0.596. The van der Waals surface area contributed by atoms with Crippen molar-refractivity contribution in [2.24, 2.45) is 0 Å². The summed E-state index contributed by atoms with van der Waals surface area (Å²) in [5.74, 6) is 0.321. The summed E-state index contributed by atoms with van der Waals surface area (Å²) < 4.78 is 20.1. The molecule has 1 unspecified atom stereocenters. The Bertz CT molecular complexity index is 619. The molecule has 0 heterocycles. The van der Waals surface area contributed by atoms with E-state index in [1.807, 2.05) is 25.1 Å². The second-order valence-electron chi connectivity index (χ2n) is 4.14. The van der Waals surface area contributed by atoms with Gasteiger partial charge >= 0.3 is 0 Å². The van der Waals surface area contributed by atoms with E-state index in [1.165, 1.54) is 6.07 Å². The van der Waals surface area contributed by atoms with E-state index in [0.29, 0.717) is 17.2 Å². The van der Waals surface area contributed by atoms with Crippen LogP contribution in [-0.4, -0.2) is 6.61 Å². The third-order valence-electron chi connectivity index (χ3n) is 2.79. The number of benzene rings is 2. The Balaban J connectivity index is 2.35. The van der Waals surface area contributed by atoms with E-state index >= 15 is 0 Å². The van der Waals surface area contributed by atoms with Crippen LogP contribution in [-0.2, 0) is 0 Å². The van der Waals surface area contributed by atoms with Crippen molar-refractivity contribution in [2.75, 3.05) is 6.61 Å². The number of hydrogen-bond acceptors (Lipinski definition) is 1. The Morgan fingerprint density at radius 3 is 2.50 bits per heavy atom. The van der Waals surface area contributed by atoms with Crippen molar-refractivity contribution in [3.63, 3.8) is 0 Å². The highest BCUT2D eigenvalue weighted by molar-refractivity contribution is 9.10. The summed E-state index contributed by atoms with van der Waals surface area (Å²) in [6, 6.07) is 9.93. The third kappa shape index (κ3) is 3.46. The number of hydrogen-bond donors (Lipinski definition) is 0. The van der Waals surface area contributed by atoms with Crippen molar-refractivity contribution in [3.05, 3.63) is 62.8 Å².